The molecule has 3 heteroatoms. The molecule has 0 saturated carbocycles. The summed E-state index contributed by atoms with van der Waals surface area (Å²) in [5.41, 5.74) is 2.24. The van der Waals surface area contributed by atoms with Gasteiger partial charge in [-0.05, 0) is 37.3 Å². The third-order valence-electron chi connectivity index (χ3n) is 2.80. The molecule has 0 heterocycles. The van der Waals surface area contributed by atoms with Crippen molar-refractivity contribution in [3.05, 3.63) is 46.5 Å². The van der Waals surface area contributed by atoms with E-state index >= 15 is 0 Å². The number of allylic oxidation sites excluding steroid dienone is 2. The molecule has 1 aromatic carbocycles. The third-order valence-corrected chi connectivity index (χ3v) is 3.17. The minimum atomic E-state index is 0.420. The Morgan fingerprint density at radius 1 is 1.29 bits per heavy atom. The molecule has 0 spiro atoms. The smallest absolute Gasteiger partial charge is 0.143 e. The van der Waals surface area contributed by atoms with E-state index in [1.807, 2.05) is 30.5 Å². The SMILES string of the molecule is Clc1ccccc1CON=CC1=CCCCC1. The number of rotatable bonds is 4. The summed E-state index contributed by atoms with van der Waals surface area (Å²) in [6.45, 7) is 0.420. The molecule has 0 aliphatic heterocycles. The molecule has 0 bridgehead atoms. The van der Waals surface area contributed by atoms with E-state index in [1.54, 1.807) is 0 Å². The molecule has 1 aromatic rings. The second-order valence-corrected chi connectivity index (χ2v) is 4.53. The summed E-state index contributed by atoms with van der Waals surface area (Å²) in [6.07, 6.45) is 8.85. The van der Waals surface area contributed by atoms with E-state index in [9.17, 15) is 0 Å². The molecule has 0 fully saturated rings. The second kappa shape index (κ2) is 6.45. The zero-order chi connectivity index (χ0) is 11.9. The summed E-state index contributed by atoms with van der Waals surface area (Å²) in [4.78, 5) is 5.25. The molecule has 2 nitrogen and oxygen atoms in total. The number of hydrogen-bond acceptors (Lipinski definition) is 2. The lowest BCUT2D eigenvalue weighted by molar-refractivity contribution is 0.132. The Balaban J connectivity index is 1.81. The van der Waals surface area contributed by atoms with Gasteiger partial charge in [0.15, 0.2) is 0 Å². The van der Waals surface area contributed by atoms with Gasteiger partial charge in [0.2, 0.25) is 0 Å². The average molecular weight is 250 g/mol. The predicted octanol–water partition coefficient (Wildman–Crippen LogP) is 4.34. The maximum absolute atomic E-state index is 6.01. The summed E-state index contributed by atoms with van der Waals surface area (Å²) in [5.74, 6) is 0. The largest absolute Gasteiger partial charge is 0.391 e. The van der Waals surface area contributed by atoms with Gasteiger partial charge in [0.25, 0.3) is 0 Å². The van der Waals surface area contributed by atoms with Gasteiger partial charge in [-0.3, -0.25) is 0 Å². The van der Waals surface area contributed by atoms with Crippen molar-refractivity contribution in [1.82, 2.24) is 0 Å². The van der Waals surface area contributed by atoms with Crippen LogP contribution in [0.3, 0.4) is 0 Å². The highest BCUT2D eigenvalue weighted by molar-refractivity contribution is 6.31. The molecular formula is C14H16ClNO. The van der Waals surface area contributed by atoms with Crippen LogP contribution in [-0.4, -0.2) is 6.21 Å². The van der Waals surface area contributed by atoms with Gasteiger partial charge in [-0.1, -0.05) is 41.0 Å². The second-order valence-electron chi connectivity index (χ2n) is 4.12. The number of oxime groups is 1. The zero-order valence-corrected chi connectivity index (χ0v) is 10.5. The van der Waals surface area contributed by atoms with E-state index in [0.29, 0.717) is 6.61 Å². The molecule has 0 atom stereocenters. The molecular weight excluding hydrogens is 234 g/mol. The lowest BCUT2D eigenvalue weighted by atomic mass is 10.0. The lowest BCUT2D eigenvalue weighted by Gasteiger charge is -2.07. The summed E-state index contributed by atoms with van der Waals surface area (Å²) >= 11 is 6.01. The van der Waals surface area contributed by atoms with E-state index in [2.05, 4.69) is 11.2 Å². The molecule has 0 unspecified atom stereocenters. The van der Waals surface area contributed by atoms with Gasteiger partial charge in [0.05, 0.1) is 6.21 Å². The third kappa shape index (κ3) is 3.90. The summed E-state index contributed by atoms with van der Waals surface area (Å²) in [5, 5.41) is 4.70. The fourth-order valence-corrected chi connectivity index (χ4v) is 2.00. The zero-order valence-electron chi connectivity index (χ0n) is 9.73. The van der Waals surface area contributed by atoms with Crippen LogP contribution in [0.5, 0.6) is 0 Å². The highest BCUT2D eigenvalue weighted by Crippen LogP contribution is 2.17. The fraction of sp³-hybridized carbons (Fsp3) is 0.357. The van der Waals surface area contributed by atoms with Gasteiger partial charge in [0, 0.05) is 10.6 Å². The Labute approximate surface area is 107 Å². The van der Waals surface area contributed by atoms with Crippen LogP contribution in [0, 0.1) is 0 Å². The van der Waals surface area contributed by atoms with Crippen LogP contribution in [0.1, 0.15) is 31.2 Å². The van der Waals surface area contributed by atoms with Crippen LogP contribution in [0.25, 0.3) is 0 Å². The molecule has 0 radical (unpaired) electrons. The van der Waals surface area contributed by atoms with E-state index in [4.69, 9.17) is 16.4 Å². The highest BCUT2D eigenvalue weighted by Gasteiger charge is 2.01. The molecule has 90 valence electrons. The standard InChI is InChI=1S/C14H16ClNO/c15-14-9-5-4-8-13(14)11-17-16-10-12-6-2-1-3-7-12/h4-6,8-10H,1-3,7,11H2. The highest BCUT2D eigenvalue weighted by atomic mass is 35.5. The van der Waals surface area contributed by atoms with Gasteiger partial charge in [-0.2, -0.15) is 0 Å². The van der Waals surface area contributed by atoms with Crippen molar-refractivity contribution in [2.75, 3.05) is 0 Å². The van der Waals surface area contributed by atoms with Crippen LogP contribution in [-0.2, 0) is 11.4 Å². The molecule has 1 aliphatic rings. The topological polar surface area (TPSA) is 21.6 Å². The molecule has 0 saturated heterocycles. The first-order valence-corrected chi connectivity index (χ1v) is 6.32. The Hall–Kier alpha value is -1.28. The van der Waals surface area contributed by atoms with Crippen LogP contribution in [0.2, 0.25) is 5.02 Å². The minimum absolute atomic E-state index is 0.420. The molecule has 1 aliphatic carbocycles. The summed E-state index contributed by atoms with van der Waals surface area (Å²) in [7, 11) is 0. The van der Waals surface area contributed by atoms with Crippen molar-refractivity contribution >= 4 is 17.8 Å². The van der Waals surface area contributed by atoms with Gasteiger partial charge in [-0.25, -0.2) is 0 Å². The maximum atomic E-state index is 6.01. The monoisotopic (exact) mass is 249 g/mol. The first-order chi connectivity index (χ1) is 8.36. The van der Waals surface area contributed by atoms with Crippen molar-refractivity contribution in [3.8, 4) is 0 Å². The van der Waals surface area contributed by atoms with Crippen molar-refractivity contribution in [2.24, 2.45) is 5.16 Å². The first-order valence-electron chi connectivity index (χ1n) is 5.94. The van der Waals surface area contributed by atoms with E-state index in [-0.39, 0.29) is 0 Å². The molecule has 0 aromatic heterocycles. The molecule has 0 amide bonds. The molecule has 2 rings (SSSR count). The number of hydrogen-bond donors (Lipinski definition) is 0. The Morgan fingerprint density at radius 3 is 2.94 bits per heavy atom. The molecule has 0 N–H and O–H groups in total. The van der Waals surface area contributed by atoms with Crippen LogP contribution in [0.15, 0.2) is 41.1 Å². The van der Waals surface area contributed by atoms with Crippen LogP contribution < -0.4 is 0 Å². The Bertz CT molecular complexity index is 426. The lowest BCUT2D eigenvalue weighted by Crippen LogP contribution is -1.94. The quantitative estimate of drug-likeness (QED) is 0.575. The molecule has 17 heavy (non-hydrogen) atoms. The Morgan fingerprint density at radius 2 is 2.18 bits per heavy atom. The van der Waals surface area contributed by atoms with Gasteiger partial charge in [-0.15, -0.1) is 0 Å². The van der Waals surface area contributed by atoms with Crippen LogP contribution in [0.4, 0.5) is 0 Å². The first kappa shape index (κ1) is 12.2. The number of nitrogens with zero attached hydrogens (tertiary/aromatic N) is 1. The predicted molar refractivity (Wildman–Crippen MR) is 71.3 cm³/mol. The average Bonchev–Trinajstić information content (AvgIpc) is 2.38. The summed E-state index contributed by atoms with van der Waals surface area (Å²) in [6, 6.07) is 7.64. The van der Waals surface area contributed by atoms with Gasteiger partial charge in [0.1, 0.15) is 6.61 Å². The summed E-state index contributed by atoms with van der Waals surface area (Å²) < 4.78 is 0. The normalized spacial score (nSPS) is 15.9. The Kier molecular flexibility index (Phi) is 4.63. The van der Waals surface area contributed by atoms with E-state index in [0.717, 1.165) is 23.4 Å². The van der Waals surface area contributed by atoms with Gasteiger partial charge < -0.3 is 4.84 Å². The number of halogens is 1. The van der Waals surface area contributed by atoms with Crippen molar-refractivity contribution in [3.63, 3.8) is 0 Å². The maximum Gasteiger partial charge on any atom is 0.143 e. The van der Waals surface area contributed by atoms with E-state index < -0.39 is 0 Å². The van der Waals surface area contributed by atoms with E-state index in [1.165, 1.54) is 18.4 Å². The number of benzene rings is 1. The minimum Gasteiger partial charge on any atom is -0.391 e. The fourth-order valence-electron chi connectivity index (χ4n) is 1.81. The van der Waals surface area contributed by atoms with Crippen molar-refractivity contribution in [2.45, 2.75) is 32.3 Å². The van der Waals surface area contributed by atoms with Crippen molar-refractivity contribution < 1.29 is 4.84 Å². The van der Waals surface area contributed by atoms with Crippen molar-refractivity contribution in [1.29, 1.82) is 0 Å². The van der Waals surface area contributed by atoms with Crippen LogP contribution >= 0.6 is 11.6 Å². The van der Waals surface area contributed by atoms with Gasteiger partial charge >= 0.3 is 0 Å².